The summed E-state index contributed by atoms with van der Waals surface area (Å²) in [5.41, 5.74) is -0.536. The molecule has 1 aromatic rings. The molecule has 0 radical (unpaired) electrons. The Morgan fingerprint density at radius 1 is 1.40 bits per heavy atom. The first-order chi connectivity index (χ1) is 9.23. The van der Waals surface area contributed by atoms with Gasteiger partial charge < -0.3 is 5.32 Å². The lowest BCUT2D eigenvalue weighted by atomic mass is 10.0. The number of aromatic nitrogens is 4. The smallest absolute Gasteiger partial charge is 0.168 e. The van der Waals surface area contributed by atoms with Crippen LogP contribution in [-0.2, 0) is 15.4 Å². The van der Waals surface area contributed by atoms with Gasteiger partial charge in [-0.2, -0.15) is 0 Å². The molecule has 1 saturated heterocycles. The molecule has 114 valence electrons. The van der Waals surface area contributed by atoms with Crippen molar-refractivity contribution in [2.45, 2.75) is 45.7 Å². The summed E-state index contributed by atoms with van der Waals surface area (Å²) in [5.74, 6) is 1.54. The van der Waals surface area contributed by atoms with E-state index in [0.717, 1.165) is 6.54 Å². The molecule has 0 bridgehead atoms. The second-order valence-corrected chi connectivity index (χ2v) is 8.50. The number of nitrogens with one attached hydrogen (secondary N) is 1. The van der Waals surface area contributed by atoms with Crippen molar-refractivity contribution < 1.29 is 8.42 Å². The fraction of sp³-hybridized carbons (Fsp3) is 0.917. The van der Waals surface area contributed by atoms with Crippen LogP contribution >= 0.6 is 0 Å². The zero-order valence-corrected chi connectivity index (χ0v) is 13.3. The van der Waals surface area contributed by atoms with Crippen LogP contribution in [0.2, 0.25) is 0 Å². The second kappa shape index (κ2) is 5.40. The topological polar surface area (TPSA) is 89.8 Å². The molecular formula is C12H23N5O2S. The lowest BCUT2D eigenvalue weighted by Crippen LogP contribution is -2.36. The van der Waals surface area contributed by atoms with Crippen molar-refractivity contribution in [1.82, 2.24) is 25.5 Å². The van der Waals surface area contributed by atoms with Gasteiger partial charge in [0.2, 0.25) is 0 Å². The molecule has 1 fully saturated rings. The van der Waals surface area contributed by atoms with Gasteiger partial charge in [0.1, 0.15) is 0 Å². The van der Waals surface area contributed by atoms with Gasteiger partial charge in [0.25, 0.3) is 0 Å². The van der Waals surface area contributed by atoms with Gasteiger partial charge >= 0.3 is 0 Å². The summed E-state index contributed by atoms with van der Waals surface area (Å²) in [5, 5.41) is 15.2. The average Bonchev–Trinajstić information content (AvgIpc) is 2.92. The largest absolute Gasteiger partial charge is 0.307 e. The average molecular weight is 301 g/mol. The van der Waals surface area contributed by atoms with Crippen molar-refractivity contribution >= 4 is 9.84 Å². The molecule has 0 spiro atoms. The Labute approximate surface area is 120 Å². The van der Waals surface area contributed by atoms with E-state index in [-0.39, 0.29) is 17.5 Å². The third-order valence-corrected chi connectivity index (χ3v) is 5.59. The Morgan fingerprint density at radius 2 is 2.10 bits per heavy atom. The van der Waals surface area contributed by atoms with E-state index in [9.17, 15) is 8.42 Å². The maximum Gasteiger partial charge on any atom is 0.168 e. The van der Waals surface area contributed by atoms with E-state index in [1.54, 1.807) is 4.68 Å². The predicted molar refractivity (Wildman–Crippen MR) is 76.0 cm³/mol. The van der Waals surface area contributed by atoms with Crippen molar-refractivity contribution in [3.63, 3.8) is 0 Å². The number of hydrogen-bond donors (Lipinski definition) is 1. The molecule has 1 N–H and O–H groups in total. The van der Waals surface area contributed by atoms with E-state index >= 15 is 0 Å². The first kappa shape index (κ1) is 15.4. The highest BCUT2D eigenvalue weighted by atomic mass is 32.2. The van der Waals surface area contributed by atoms with E-state index in [2.05, 4.69) is 34.7 Å². The van der Waals surface area contributed by atoms with Gasteiger partial charge in [-0.05, 0) is 43.2 Å². The molecule has 2 rings (SSSR count). The van der Waals surface area contributed by atoms with Crippen LogP contribution in [0.3, 0.4) is 0 Å². The summed E-state index contributed by atoms with van der Waals surface area (Å²) in [7, 11) is -2.98. The van der Waals surface area contributed by atoms with E-state index < -0.39 is 15.4 Å². The quantitative estimate of drug-likeness (QED) is 0.852. The first-order valence-corrected chi connectivity index (χ1v) is 8.78. The van der Waals surface area contributed by atoms with Crippen molar-refractivity contribution in [1.29, 1.82) is 0 Å². The predicted octanol–water partition coefficient (Wildman–Crippen LogP) is 0.513. The maximum atomic E-state index is 11.7. The lowest BCUT2D eigenvalue weighted by molar-refractivity contribution is 0.298. The number of nitrogens with zero attached hydrogens (tertiary/aromatic N) is 4. The van der Waals surface area contributed by atoms with Gasteiger partial charge in [0.15, 0.2) is 15.7 Å². The van der Waals surface area contributed by atoms with Crippen LogP contribution in [0.15, 0.2) is 0 Å². The summed E-state index contributed by atoms with van der Waals surface area (Å²) in [6.45, 7) is 9.04. The van der Waals surface area contributed by atoms with Gasteiger partial charge in [-0.3, -0.25) is 0 Å². The highest BCUT2D eigenvalue weighted by Gasteiger charge is 2.42. The van der Waals surface area contributed by atoms with Crippen molar-refractivity contribution in [2.75, 3.05) is 18.1 Å². The summed E-state index contributed by atoms with van der Waals surface area (Å²) in [6.07, 6.45) is 0.560. The highest BCUT2D eigenvalue weighted by molar-refractivity contribution is 7.91. The zero-order chi connectivity index (χ0) is 15.0. The summed E-state index contributed by atoms with van der Waals surface area (Å²) >= 11 is 0. The fourth-order valence-corrected chi connectivity index (χ4v) is 4.62. The fourth-order valence-electron chi connectivity index (χ4n) is 2.51. The molecule has 2 unspecified atom stereocenters. The minimum Gasteiger partial charge on any atom is -0.307 e. The van der Waals surface area contributed by atoms with Crippen LogP contribution in [0.4, 0.5) is 0 Å². The van der Waals surface area contributed by atoms with Gasteiger partial charge in [0.05, 0.1) is 23.1 Å². The van der Waals surface area contributed by atoms with E-state index in [1.807, 2.05) is 13.8 Å². The SMILES string of the molecule is CC(C)CNC(C)c1nnnn1C1(C)CCS(=O)(=O)C1. The molecule has 1 aliphatic heterocycles. The summed E-state index contributed by atoms with van der Waals surface area (Å²) in [6, 6.07) is -0.00692. The van der Waals surface area contributed by atoms with E-state index in [4.69, 9.17) is 0 Å². The molecule has 0 aromatic carbocycles. The molecule has 0 amide bonds. The number of hydrogen-bond acceptors (Lipinski definition) is 6. The molecule has 7 nitrogen and oxygen atoms in total. The molecule has 8 heteroatoms. The Kier molecular flexibility index (Phi) is 4.15. The summed E-state index contributed by atoms with van der Waals surface area (Å²) in [4.78, 5) is 0. The zero-order valence-electron chi connectivity index (χ0n) is 12.5. The van der Waals surface area contributed by atoms with Crippen molar-refractivity contribution in [2.24, 2.45) is 5.92 Å². The monoisotopic (exact) mass is 301 g/mol. The maximum absolute atomic E-state index is 11.7. The van der Waals surface area contributed by atoms with Crippen LogP contribution in [0.1, 0.15) is 46.0 Å². The third-order valence-electron chi connectivity index (χ3n) is 3.71. The Morgan fingerprint density at radius 3 is 2.65 bits per heavy atom. The molecule has 1 aromatic heterocycles. The molecule has 0 aliphatic carbocycles. The molecule has 20 heavy (non-hydrogen) atoms. The summed E-state index contributed by atoms with van der Waals surface area (Å²) < 4.78 is 25.2. The van der Waals surface area contributed by atoms with Crippen LogP contribution in [-0.4, -0.2) is 46.7 Å². The van der Waals surface area contributed by atoms with Crippen LogP contribution in [0, 0.1) is 5.92 Å². The van der Waals surface area contributed by atoms with Gasteiger partial charge in [-0.15, -0.1) is 5.10 Å². The standard InChI is InChI=1S/C12H23N5O2S/c1-9(2)7-13-10(3)11-14-15-16-17(11)12(4)5-6-20(18,19)8-12/h9-10,13H,5-8H2,1-4H3. The minimum atomic E-state index is -2.98. The van der Waals surface area contributed by atoms with Crippen molar-refractivity contribution in [3.8, 4) is 0 Å². The van der Waals surface area contributed by atoms with Gasteiger partial charge in [-0.25, -0.2) is 13.1 Å². The minimum absolute atomic E-state index is 0.00692. The number of tetrazole rings is 1. The number of rotatable bonds is 5. The Bertz CT molecular complexity index is 568. The van der Waals surface area contributed by atoms with E-state index in [0.29, 0.717) is 18.2 Å². The number of sulfone groups is 1. The van der Waals surface area contributed by atoms with E-state index in [1.165, 1.54) is 0 Å². The second-order valence-electron chi connectivity index (χ2n) is 6.31. The first-order valence-electron chi connectivity index (χ1n) is 6.96. The normalized spacial score (nSPS) is 27.1. The lowest BCUT2D eigenvalue weighted by Gasteiger charge is -2.25. The van der Waals surface area contributed by atoms with Gasteiger partial charge in [0, 0.05) is 0 Å². The molecule has 1 aliphatic rings. The van der Waals surface area contributed by atoms with Gasteiger partial charge in [-0.1, -0.05) is 13.8 Å². The Hall–Kier alpha value is -1.02. The van der Waals surface area contributed by atoms with Crippen LogP contribution in [0.25, 0.3) is 0 Å². The molecule has 2 heterocycles. The third kappa shape index (κ3) is 3.17. The van der Waals surface area contributed by atoms with Crippen molar-refractivity contribution in [3.05, 3.63) is 5.82 Å². The molecule has 2 atom stereocenters. The Balaban J connectivity index is 2.21. The molecular weight excluding hydrogens is 278 g/mol. The highest BCUT2D eigenvalue weighted by Crippen LogP contribution is 2.31. The van der Waals surface area contributed by atoms with Crippen LogP contribution < -0.4 is 5.32 Å². The molecule has 0 saturated carbocycles. The van der Waals surface area contributed by atoms with Crippen LogP contribution in [0.5, 0.6) is 0 Å².